The lowest BCUT2D eigenvalue weighted by Gasteiger charge is -2.13. The predicted molar refractivity (Wildman–Crippen MR) is 94.1 cm³/mol. The molecule has 0 aliphatic rings. The molecule has 0 saturated heterocycles. The molecule has 0 heterocycles. The number of nitrogens with zero attached hydrogens (tertiary/aromatic N) is 1. The molecule has 2 aromatic rings. The van der Waals surface area contributed by atoms with Crippen LogP contribution in [0.3, 0.4) is 0 Å². The summed E-state index contributed by atoms with van der Waals surface area (Å²) in [6.45, 7) is 3.60. The molecule has 134 valence electrons. The lowest BCUT2D eigenvalue weighted by atomic mass is 10.1. The van der Waals surface area contributed by atoms with Crippen molar-refractivity contribution in [3.05, 3.63) is 59.7 Å². The highest BCUT2D eigenvalue weighted by Gasteiger charge is 2.20. The van der Waals surface area contributed by atoms with Gasteiger partial charge >= 0.3 is 5.97 Å². The fourth-order valence-electron chi connectivity index (χ4n) is 2.17. The molecule has 0 N–H and O–H groups in total. The summed E-state index contributed by atoms with van der Waals surface area (Å²) in [5, 5.41) is 8.73. The van der Waals surface area contributed by atoms with Gasteiger partial charge in [-0.05, 0) is 62.4 Å². The van der Waals surface area contributed by atoms with E-state index in [1.54, 1.807) is 48.5 Å². The zero-order valence-electron chi connectivity index (χ0n) is 14.6. The number of carbonyl (C=O) groups is 2. The van der Waals surface area contributed by atoms with Crippen LogP contribution in [0.5, 0.6) is 11.5 Å². The molecule has 0 aromatic heterocycles. The average Bonchev–Trinajstić information content (AvgIpc) is 2.67. The van der Waals surface area contributed by atoms with E-state index in [1.165, 1.54) is 6.92 Å². The van der Waals surface area contributed by atoms with Crippen molar-refractivity contribution >= 4 is 11.8 Å². The topological polar surface area (TPSA) is 85.6 Å². The van der Waals surface area contributed by atoms with Crippen LogP contribution in [-0.4, -0.2) is 31.1 Å². The van der Waals surface area contributed by atoms with Gasteiger partial charge in [0.05, 0.1) is 18.2 Å². The maximum Gasteiger partial charge on any atom is 0.344 e. The Balaban J connectivity index is 1.85. The Bertz CT molecular complexity index is 790. The van der Waals surface area contributed by atoms with Gasteiger partial charge in [-0.25, -0.2) is 4.79 Å². The van der Waals surface area contributed by atoms with Crippen LogP contribution in [-0.2, 0) is 9.53 Å². The lowest BCUT2D eigenvalue weighted by Crippen LogP contribution is -2.27. The quantitative estimate of drug-likeness (QED) is 0.535. The summed E-state index contributed by atoms with van der Waals surface area (Å²) in [4.78, 5) is 24.2. The number of benzene rings is 2. The molecule has 0 fully saturated rings. The van der Waals surface area contributed by atoms with E-state index in [4.69, 9.17) is 19.5 Å². The molecule has 6 nitrogen and oxygen atoms in total. The van der Waals surface area contributed by atoms with Crippen molar-refractivity contribution < 1.29 is 23.8 Å². The van der Waals surface area contributed by atoms with Gasteiger partial charge in [-0.2, -0.15) is 5.26 Å². The van der Waals surface area contributed by atoms with E-state index in [0.29, 0.717) is 29.2 Å². The standard InChI is InChI=1S/C20H19NO5/c1-3-24-17-10-6-16(7-11-17)20(23)14(2)26-19(22)13-25-18-8-4-15(12-21)5-9-18/h4-11,14H,3,13H2,1-2H3/t14-/m1/s1. The van der Waals surface area contributed by atoms with Gasteiger partial charge in [0.2, 0.25) is 5.78 Å². The lowest BCUT2D eigenvalue weighted by molar-refractivity contribution is -0.148. The third-order valence-electron chi connectivity index (χ3n) is 3.47. The van der Waals surface area contributed by atoms with Crippen molar-refractivity contribution in [3.8, 4) is 17.6 Å². The number of hydrogen-bond acceptors (Lipinski definition) is 6. The van der Waals surface area contributed by atoms with Crippen molar-refractivity contribution in [1.82, 2.24) is 0 Å². The van der Waals surface area contributed by atoms with Gasteiger partial charge in [-0.3, -0.25) is 4.79 Å². The summed E-state index contributed by atoms with van der Waals surface area (Å²) >= 11 is 0. The molecule has 0 unspecified atom stereocenters. The molecule has 0 spiro atoms. The van der Waals surface area contributed by atoms with Crippen molar-refractivity contribution in [2.24, 2.45) is 0 Å². The van der Waals surface area contributed by atoms with Crippen molar-refractivity contribution in [1.29, 1.82) is 5.26 Å². The van der Waals surface area contributed by atoms with Crippen LogP contribution < -0.4 is 9.47 Å². The molecule has 0 aliphatic carbocycles. The normalized spacial score (nSPS) is 11.1. The van der Waals surface area contributed by atoms with Gasteiger partial charge in [0.25, 0.3) is 0 Å². The van der Waals surface area contributed by atoms with Crippen molar-refractivity contribution in [3.63, 3.8) is 0 Å². The number of nitriles is 1. The highest BCUT2D eigenvalue weighted by atomic mass is 16.6. The fraction of sp³-hybridized carbons (Fsp3) is 0.250. The zero-order valence-corrected chi connectivity index (χ0v) is 14.6. The summed E-state index contributed by atoms with van der Waals surface area (Å²) in [6, 6.07) is 15.0. The number of hydrogen-bond donors (Lipinski definition) is 0. The largest absolute Gasteiger partial charge is 0.494 e. The third kappa shape index (κ3) is 5.35. The molecule has 0 aliphatic heterocycles. The van der Waals surface area contributed by atoms with Gasteiger partial charge in [0.15, 0.2) is 12.7 Å². The highest BCUT2D eigenvalue weighted by Crippen LogP contribution is 2.15. The van der Waals surface area contributed by atoms with Crippen molar-refractivity contribution in [2.45, 2.75) is 20.0 Å². The van der Waals surface area contributed by atoms with Crippen LogP contribution in [0.1, 0.15) is 29.8 Å². The van der Waals surface area contributed by atoms with Crippen molar-refractivity contribution in [2.75, 3.05) is 13.2 Å². The second-order valence-corrected chi connectivity index (χ2v) is 5.38. The first-order chi connectivity index (χ1) is 12.5. The second-order valence-electron chi connectivity index (χ2n) is 5.38. The van der Waals surface area contributed by atoms with E-state index >= 15 is 0 Å². The number of rotatable bonds is 8. The molecule has 0 amide bonds. The molecule has 2 rings (SSSR count). The zero-order chi connectivity index (χ0) is 18.9. The van der Waals surface area contributed by atoms with E-state index in [9.17, 15) is 9.59 Å². The molecule has 1 atom stereocenters. The minimum Gasteiger partial charge on any atom is -0.494 e. The van der Waals surface area contributed by atoms with Crippen LogP contribution in [0.15, 0.2) is 48.5 Å². The number of ether oxygens (including phenoxy) is 3. The first-order valence-corrected chi connectivity index (χ1v) is 8.13. The third-order valence-corrected chi connectivity index (χ3v) is 3.47. The number of Topliss-reactive ketones (excluding diaryl/α,β-unsaturated/α-hetero) is 1. The molecular formula is C20H19NO5. The molecule has 0 saturated carbocycles. The Labute approximate surface area is 151 Å². The fourth-order valence-corrected chi connectivity index (χ4v) is 2.17. The summed E-state index contributed by atoms with van der Waals surface area (Å²) < 4.78 is 15.7. The summed E-state index contributed by atoms with van der Waals surface area (Å²) in [5.41, 5.74) is 0.927. The first-order valence-electron chi connectivity index (χ1n) is 8.13. The summed E-state index contributed by atoms with van der Waals surface area (Å²) in [5.74, 6) is 0.150. The number of ketones is 1. The molecule has 0 bridgehead atoms. The van der Waals surface area contributed by atoms with Gasteiger partial charge in [0, 0.05) is 5.56 Å². The highest BCUT2D eigenvalue weighted by molar-refractivity contribution is 6.00. The monoisotopic (exact) mass is 353 g/mol. The number of esters is 1. The Hall–Kier alpha value is -3.33. The molecule has 2 aromatic carbocycles. The summed E-state index contributed by atoms with van der Waals surface area (Å²) in [7, 11) is 0. The smallest absolute Gasteiger partial charge is 0.344 e. The Morgan fingerprint density at radius 3 is 2.15 bits per heavy atom. The van der Waals surface area contributed by atoms with Crippen LogP contribution in [0.4, 0.5) is 0 Å². The second kappa shape index (κ2) is 9.23. The van der Waals surface area contributed by atoms with Gasteiger partial charge in [-0.1, -0.05) is 0 Å². The van der Waals surface area contributed by atoms with Gasteiger partial charge in [0.1, 0.15) is 11.5 Å². The number of carbonyl (C=O) groups excluding carboxylic acids is 2. The predicted octanol–water partition coefficient (Wildman–Crippen LogP) is 3.15. The molecule has 0 radical (unpaired) electrons. The Kier molecular flexibility index (Phi) is 6.75. The van der Waals surface area contributed by atoms with E-state index < -0.39 is 12.1 Å². The summed E-state index contributed by atoms with van der Waals surface area (Å²) in [6.07, 6.45) is -0.926. The SMILES string of the molecule is CCOc1ccc(C(=O)[C@@H](C)OC(=O)COc2ccc(C#N)cc2)cc1. The van der Waals surface area contributed by atoms with Crippen LogP contribution in [0, 0.1) is 11.3 Å². The maximum atomic E-state index is 12.3. The molecule has 26 heavy (non-hydrogen) atoms. The first kappa shape index (κ1) is 19.0. The van der Waals surface area contributed by atoms with Gasteiger partial charge < -0.3 is 14.2 Å². The van der Waals surface area contributed by atoms with E-state index in [2.05, 4.69) is 0 Å². The van der Waals surface area contributed by atoms with Crippen LogP contribution >= 0.6 is 0 Å². The minimum absolute atomic E-state index is 0.306. The van der Waals surface area contributed by atoms with E-state index in [1.807, 2.05) is 13.0 Å². The molecule has 6 heteroatoms. The van der Waals surface area contributed by atoms with Crippen LogP contribution in [0.25, 0.3) is 0 Å². The van der Waals surface area contributed by atoms with E-state index in [0.717, 1.165) is 0 Å². The Morgan fingerprint density at radius 2 is 1.58 bits per heavy atom. The Morgan fingerprint density at radius 1 is 1.00 bits per heavy atom. The van der Waals surface area contributed by atoms with Gasteiger partial charge in [-0.15, -0.1) is 0 Å². The van der Waals surface area contributed by atoms with Crippen LogP contribution in [0.2, 0.25) is 0 Å². The average molecular weight is 353 g/mol. The molecular weight excluding hydrogens is 334 g/mol. The minimum atomic E-state index is -0.926. The maximum absolute atomic E-state index is 12.3. The van der Waals surface area contributed by atoms with E-state index in [-0.39, 0.29) is 12.4 Å².